The summed E-state index contributed by atoms with van der Waals surface area (Å²) in [4.78, 5) is 18.0. The van der Waals surface area contributed by atoms with Gasteiger partial charge in [0.2, 0.25) is 5.91 Å². The van der Waals surface area contributed by atoms with Crippen LogP contribution in [0.25, 0.3) is 22.5 Å². The van der Waals surface area contributed by atoms with E-state index in [-0.39, 0.29) is 12.5 Å². The van der Waals surface area contributed by atoms with Crippen LogP contribution >= 0.6 is 0 Å². The quantitative estimate of drug-likeness (QED) is 0.733. The van der Waals surface area contributed by atoms with Crippen molar-refractivity contribution in [1.29, 1.82) is 0 Å². The van der Waals surface area contributed by atoms with E-state index in [0.717, 1.165) is 22.5 Å². The molecule has 102 valence electrons. The molecule has 0 unspecified atom stereocenters. The third-order valence-electron chi connectivity index (χ3n) is 3.22. The highest BCUT2D eigenvalue weighted by molar-refractivity contribution is 5.86. The van der Waals surface area contributed by atoms with Crippen LogP contribution in [0, 0.1) is 0 Å². The normalized spacial score (nSPS) is 10.9. The Labute approximate surface area is 116 Å². The molecule has 0 spiro atoms. The van der Waals surface area contributed by atoms with E-state index < -0.39 is 0 Å². The topological polar surface area (TPSA) is 51.3 Å². The predicted octanol–water partition coefficient (Wildman–Crippen LogP) is 2.38. The highest BCUT2D eigenvalue weighted by Gasteiger charge is 2.16. The lowest BCUT2D eigenvalue weighted by atomic mass is 10.3. The van der Waals surface area contributed by atoms with Gasteiger partial charge < -0.3 is 13.9 Å². The minimum atomic E-state index is 0.0148. The highest BCUT2D eigenvalue weighted by Crippen LogP contribution is 2.27. The molecule has 0 aliphatic carbocycles. The summed E-state index contributed by atoms with van der Waals surface area (Å²) in [7, 11) is 3.49. The number of aromatic nitrogens is 2. The zero-order valence-corrected chi connectivity index (χ0v) is 11.4. The molecule has 0 bridgehead atoms. The second-order valence-electron chi connectivity index (χ2n) is 4.80. The van der Waals surface area contributed by atoms with Crippen molar-refractivity contribution in [1.82, 2.24) is 14.5 Å². The molecule has 0 saturated heterocycles. The van der Waals surface area contributed by atoms with E-state index in [1.54, 1.807) is 31.5 Å². The van der Waals surface area contributed by atoms with Gasteiger partial charge in [0.15, 0.2) is 0 Å². The van der Waals surface area contributed by atoms with E-state index in [9.17, 15) is 4.79 Å². The number of hydrogen-bond acceptors (Lipinski definition) is 3. The molecule has 0 aliphatic rings. The van der Waals surface area contributed by atoms with Crippen molar-refractivity contribution in [2.45, 2.75) is 6.54 Å². The molecule has 3 aromatic heterocycles. The Balaban J connectivity index is 2.16. The molecular formula is C15H15N3O2. The number of pyridine rings is 1. The molecule has 0 saturated carbocycles. The number of hydrogen-bond donors (Lipinski definition) is 0. The highest BCUT2D eigenvalue weighted by atomic mass is 16.3. The fourth-order valence-electron chi connectivity index (χ4n) is 2.15. The first-order chi connectivity index (χ1) is 9.66. The van der Waals surface area contributed by atoms with Crippen molar-refractivity contribution < 1.29 is 9.21 Å². The number of likely N-dealkylation sites (N-methyl/N-ethyl adjacent to an activating group) is 1. The molecule has 3 rings (SSSR count). The van der Waals surface area contributed by atoms with Gasteiger partial charge in [0.05, 0.1) is 12.0 Å². The number of amides is 1. The smallest absolute Gasteiger partial charge is 0.242 e. The first-order valence-corrected chi connectivity index (χ1v) is 6.35. The Bertz CT molecular complexity index is 742. The first-order valence-electron chi connectivity index (χ1n) is 6.35. The summed E-state index contributed by atoms with van der Waals surface area (Å²) in [5, 5.41) is 0.991. The molecule has 0 aliphatic heterocycles. The summed E-state index contributed by atoms with van der Waals surface area (Å²) in [6.45, 7) is 0.240. The van der Waals surface area contributed by atoms with Gasteiger partial charge in [0.1, 0.15) is 18.0 Å². The number of fused-ring (bicyclic) bond motifs is 1. The minimum absolute atomic E-state index is 0.0148. The van der Waals surface area contributed by atoms with Crippen LogP contribution in [-0.2, 0) is 11.3 Å². The van der Waals surface area contributed by atoms with Crippen LogP contribution < -0.4 is 0 Å². The Morgan fingerprint density at radius 2 is 2.20 bits per heavy atom. The van der Waals surface area contributed by atoms with Crippen molar-refractivity contribution in [2.24, 2.45) is 0 Å². The third kappa shape index (κ3) is 2.07. The number of rotatable bonds is 3. The molecular weight excluding hydrogens is 254 g/mol. The average molecular weight is 269 g/mol. The lowest BCUT2D eigenvalue weighted by Gasteiger charge is -2.13. The molecule has 3 heterocycles. The molecule has 0 aromatic carbocycles. The summed E-state index contributed by atoms with van der Waals surface area (Å²) >= 11 is 0. The molecule has 20 heavy (non-hydrogen) atoms. The third-order valence-corrected chi connectivity index (χ3v) is 3.22. The van der Waals surface area contributed by atoms with Gasteiger partial charge in [-0.3, -0.25) is 4.79 Å². The standard InChI is InChI=1S/C15H15N3O2/c1-17(2)14(19)10-18-12(13-6-4-8-20-13)9-11-5-3-7-16-15(11)18/h3-9H,10H2,1-2H3. The van der Waals surface area contributed by atoms with E-state index in [4.69, 9.17) is 4.42 Å². The molecule has 0 atom stereocenters. The van der Waals surface area contributed by atoms with Crippen molar-refractivity contribution in [3.63, 3.8) is 0 Å². The van der Waals surface area contributed by atoms with Gasteiger partial charge >= 0.3 is 0 Å². The van der Waals surface area contributed by atoms with Crippen LogP contribution in [0.2, 0.25) is 0 Å². The summed E-state index contributed by atoms with van der Waals surface area (Å²) in [5.41, 5.74) is 1.65. The fraction of sp³-hybridized carbons (Fsp3) is 0.200. The Morgan fingerprint density at radius 1 is 1.35 bits per heavy atom. The Kier molecular flexibility index (Phi) is 3.02. The second-order valence-corrected chi connectivity index (χ2v) is 4.80. The largest absolute Gasteiger partial charge is 0.463 e. The maximum Gasteiger partial charge on any atom is 0.242 e. The van der Waals surface area contributed by atoms with Gasteiger partial charge in [0.25, 0.3) is 0 Å². The van der Waals surface area contributed by atoms with Crippen molar-refractivity contribution in [3.05, 3.63) is 42.8 Å². The SMILES string of the molecule is CN(C)C(=O)Cn1c(-c2ccco2)cc2cccnc21. The van der Waals surface area contributed by atoms with E-state index in [1.807, 2.05) is 34.9 Å². The minimum Gasteiger partial charge on any atom is -0.463 e. The van der Waals surface area contributed by atoms with Gasteiger partial charge in [0, 0.05) is 25.7 Å². The lowest BCUT2D eigenvalue weighted by molar-refractivity contribution is -0.129. The first kappa shape index (κ1) is 12.5. The van der Waals surface area contributed by atoms with E-state index >= 15 is 0 Å². The maximum absolute atomic E-state index is 12.0. The molecule has 5 nitrogen and oxygen atoms in total. The van der Waals surface area contributed by atoms with Gasteiger partial charge in [-0.2, -0.15) is 0 Å². The fourth-order valence-corrected chi connectivity index (χ4v) is 2.15. The monoisotopic (exact) mass is 269 g/mol. The van der Waals surface area contributed by atoms with Crippen molar-refractivity contribution in [3.8, 4) is 11.5 Å². The number of nitrogens with zero attached hydrogens (tertiary/aromatic N) is 3. The molecule has 1 amide bonds. The second kappa shape index (κ2) is 4.85. The van der Waals surface area contributed by atoms with Gasteiger partial charge in [-0.25, -0.2) is 4.98 Å². The van der Waals surface area contributed by atoms with E-state index in [1.165, 1.54) is 0 Å². The van der Waals surface area contributed by atoms with Crippen LogP contribution in [0.5, 0.6) is 0 Å². The van der Waals surface area contributed by atoms with E-state index in [0.29, 0.717) is 0 Å². The Hall–Kier alpha value is -2.56. The molecule has 3 aromatic rings. The summed E-state index contributed by atoms with van der Waals surface area (Å²) in [6, 6.07) is 9.56. The number of carbonyl (C=O) groups excluding carboxylic acids is 1. The molecule has 0 fully saturated rings. The van der Waals surface area contributed by atoms with Gasteiger partial charge in [-0.1, -0.05) is 0 Å². The zero-order chi connectivity index (χ0) is 14.1. The van der Waals surface area contributed by atoms with Crippen LogP contribution in [-0.4, -0.2) is 34.5 Å². The van der Waals surface area contributed by atoms with Gasteiger partial charge in [-0.15, -0.1) is 0 Å². The maximum atomic E-state index is 12.0. The van der Waals surface area contributed by atoms with E-state index in [2.05, 4.69) is 4.98 Å². The number of furan rings is 1. The predicted molar refractivity (Wildman–Crippen MR) is 76.1 cm³/mol. The lowest BCUT2D eigenvalue weighted by Crippen LogP contribution is -2.26. The number of carbonyl (C=O) groups is 1. The average Bonchev–Trinajstić information content (AvgIpc) is 3.06. The molecule has 5 heteroatoms. The van der Waals surface area contributed by atoms with Crippen molar-refractivity contribution in [2.75, 3.05) is 14.1 Å². The van der Waals surface area contributed by atoms with Crippen LogP contribution in [0.3, 0.4) is 0 Å². The summed E-state index contributed by atoms with van der Waals surface area (Å²) < 4.78 is 7.34. The van der Waals surface area contributed by atoms with Crippen LogP contribution in [0.15, 0.2) is 47.2 Å². The van der Waals surface area contributed by atoms with Crippen LogP contribution in [0.4, 0.5) is 0 Å². The Morgan fingerprint density at radius 3 is 2.90 bits per heavy atom. The molecule has 0 N–H and O–H groups in total. The van der Waals surface area contributed by atoms with Crippen LogP contribution in [0.1, 0.15) is 0 Å². The van der Waals surface area contributed by atoms with Gasteiger partial charge in [-0.05, 0) is 30.3 Å². The zero-order valence-electron chi connectivity index (χ0n) is 11.4. The summed E-state index contributed by atoms with van der Waals surface area (Å²) in [6.07, 6.45) is 3.35. The van der Waals surface area contributed by atoms with Crippen molar-refractivity contribution >= 4 is 16.9 Å². The molecule has 0 radical (unpaired) electrons. The summed E-state index contributed by atoms with van der Waals surface area (Å²) in [5.74, 6) is 0.746.